The van der Waals surface area contributed by atoms with Crippen molar-refractivity contribution in [3.05, 3.63) is 0 Å². The van der Waals surface area contributed by atoms with Gasteiger partial charge in [0.15, 0.2) is 0 Å². The lowest BCUT2D eigenvalue weighted by atomic mass is 9.86. The normalized spacial score (nSPS) is 33.2. The topological polar surface area (TPSA) is 9.23 Å². The van der Waals surface area contributed by atoms with Crippen LogP contribution < -0.4 is 0 Å². The van der Waals surface area contributed by atoms with E-state index in [9.17, 15) is 0 Å². The zero-order valence-electron chi connectivity index (χ0n) is 8.71. The molecule has 0 radical (unpaired) electrons. The second-order valence-corrected chi connectivity index (χ2v) is 11.3. The van der Waals surface area contributed by atoms with E-state index in [1.54, 1.807) is 0 Å². The summed E-state index contributed by atoms with van der Waals surface area (Å²) in [5.41, 5.74) is -1.03. The van der Waals surface area contributed by atoms with Gasteiger partial charge in [0.2, 0.25) is 0 Å². The lowest BCUT2D eigenvalue weighted by Gasteiger charge is -2.39. The van der Waals surface area contributed by atoms with Crippen LogP contribution in [0.3, 0.4) is 0 Å². The van der Waals surface area contributed by atoms with Crippen LogP contribution in [-0.4, -0.2) is 18.5 Å². The third-order valence-electron chi connectivity index (χ3n) is 3.02. The first-order valence-corrected chi connectivity index (χ1v) is 9.47. The van der Waals surface area contributed by atoms with Crippen LogP contribution in [0, 0.1) is 5.41 Å². The highest BCUT2D eigenvalue weighted by molar-refractivity contribution is 8.69. The van der Waals surface area contributed by atoms with Crippen LogP contribution in [0.4, 0.5) is 0 Å². The molecule has 0 bridgehead atoms. The molecule has 4 heteroatoms. The van der Waals surface area contributed by atoms with E-state index in [1.807, 2.05) is 11.4 Å². The van der Waals surface area contributed by atoms with E-state index in [4.69, 9.17) is 16.3 Å². The van der Waals surface area contributed by atoms with Gasteiger partial charge >= 0.3 is 0 Å². The molecule has 0 saturated carbocycles. The predicted molar refractivity (Wildman–Crippen MR) is 66.3 cm³/mol. The van der Waals surface area contributed by atoms with Gasteiger partial charge in [-0.05, 0) is 12.8 Å². The molecule has 0 aromatic carbocycles. The monoisotopic (exact) mass is 238 g/mol. The van der Waals surface area contributed by atoms with Crippen molar-refractivity contribution in [2.24, 2.45) is 5.41 Å². The van der Waals surface area contributed by atoms with Crippen molar-refractivity contribution in [3.63, 3.8) is 0 Å². The van der Waals surface area contributed by atoms with Crippen molar-refractivity contribution >= 4 is 28.7 Å². The minimum atomic E-state index is -1.45. The number of hydrogen-bond acceptors (Lipinski definition) is 3. The van der Waals surface area contributed by atoms with Gasteiger partial charge in [0.05, 0.1) is 6.61 Å². The Morgan fingerprint density at radius 3 is 2.31 bits per heavy atom. The summed E-state index contributed by atoms with van der Waals surface area (Å²) in [6.07, 6.45) is 3.47. The molecule has 1 aliphatic heterocycles. The van der Waals surface area contributed by atoms with Gasteiger partial charge in [0, 0.05) is 17.3 Å². The van der Waals surface area contributed by atoms with Gasteiger partial charge in [0.25, 0.3) is 0 Å². The fourth-order valence-corrected chi connectivity index (χ4v) is 6.24. The van der Waals surface area contributed by atoms with Gasteiger partial charge in [0.1, 0.15) is 5.47 Å². The Morgan fingerprint density at radius 1 is 1.38 bits per heavy atom. The molecule has 1 atom stereocenters. The Hall–Kier alpha value is 0.960. The summed E-state index contributed by atoms with van der Waals surface area (Å²) in [5, 5.41) is 0. The van der Waals surface area contributed by atoms with Crippen molar-refractivity contribution in [3.8, 4) is 0 Å². The Labute approximate surface area is 90.8 Å². The highest BCUT2D eigenvalue weighted by atomic mass is 32.9. The van der Waals surface area contributed by atoms with Crippen molar-refractivity contribution < 1.29 is 4.52 Å². The zero-order chi connectivity index (χ0) is 9.95. The summed E-state index contributed by atoms with van der Waals surface area (Å²) in [6.45, 7) is 7.57. The summed E-state index contributed by atoms with van der Waals surface area (Å²) in [7, 11) is 0. The smallest absolute Gasteiger partial charge is 0.119 e. The molecule has 0 amide bonds. The average Bonchev–Trinajstić information content (AvgIpc) is 2.20. The van der Waals surface area contributed by atoms with Crippen LogP contribution in [-0.2, 0) is 16.3 Å². The van der Waals surface area contributed by atoms with Crippen LogP contribution >= 0.6 is 16.8 Å². The number of hydrogen-bond donors (Lipinski definition) is 0. The molecule has 1 nitrogen and oxygen atoms in total. The van der Waals surface area contributed by atoms with Crippen molar-refractivity contribution in [1.29, 1.82) is 0 Å². The molecule has 0 aliphatic carbocycles. The van der Waals surface area contributed by atoms with Crippen molar-refractivity contribution in [2.45, 2.75) is 33.6 Å². The standard InChI is InChI=1S/C9H19OPS2/c1-4-9(5-2)7-10-11(12,6-3)13-8-9/h4-8H2,1-3H3. The Kier molecular flexibility index (Phi) is 4.31. The Bertz CT molecular complexity index is 200. The second kappa shape index (κ2) is 4.65. The van der Waals surface area contributed by atoms with E-state index < -0.39 is 5.47 Å². The average molecular weight is 238 g/mol. The highest BCUT2D eigenvalue weighted by Gasteiger charge is 2.35. The lowest BCUT2D eigenvalue weighted by Crippen LogP contribution is -2.30. The molecule has 0 N–H and O–H groups in total. The molecule has 1 unspecified atom stereocenters. The first kappa shape index (κ1) is 12.0. The van der Waals surface area contributed by atoms with Crippen LogP contribution in [0.5, 0.6) is 0 Å². The fraction of sp³-hybridized carbons (Fsp3) is 1.00. The summed E-state index contributed by atoms with van der Waals surface area (Å²) in [4.78, 5) is 0. The van der Waals surface area contributed by atoms with Gasteiger partial charge in [-0.2, -0.15) is 0 Å². The lowest BCUT2D eigenvalue weighted by molar-refractivity contribution is 0.167. The van der Waals surface area contributed by atoms with Crippen LogP contribution in [0.15, 0.2) is 0 Å². The first-order chi connectivity index (χ1) is 6.10. The largest absolute Gasteiger partial charge is 0.341 e. The number of rotatable bonds is 3. The van der Waals surface area contributed by atoms with E-state index in [1.165, 1.54) is 18.6 Å². The van der Waals surface area contributed by atoms with E-state index >= 15 is 0 Å². The second-order valence-electron chi connectivity index (χ2n) is 3.68. The molecule has 1 heterocycles. The molecule has 0 aromatic rings. The molecule has 13 heavy (non-hydrogen) atoms. The molecule has 0 spiro atoms. The zero-order valence-corrected chi connectivity index (χ0v) is 11.2. The van der Waals surface area contributed by atoms with Gasteiger partial charge in [-0.25, -0.2) is 0 Å². The third kappa shape index (κ3) is 2.71. The summed E-state index contributed by atoms with van der Waals surface area (Å²) < 4.78 is 5.90. The third-order valence-corrected chi connectivity index (χ3v) is 10.2. The maximum Gasteiger partial charge on any atom is 0.119 e. The molecule has 1 fully saturated rings. The minimum Gasteiger partial charge on any atom is -0.341 e. The van der Waals surface area contributed by atoms with Crippen LogP contribution in [0.1, 0.15) is 33.6 Å². The quantitative estimate of drug-likeness (QED) is 0.690. The molecule has 1 rings (SSSR count). The molecule has 0 aromatic heterocycles. The summed E-state index contributed by atoms with van der Waals surface area (Å²) in [5.74, 6) is 1.21. The van der Waals surface area contributed by atoms with Gasteiger partial charge < -0.3 is 4.52 Å². The molecule has 1 saturated heterocycles. The van der Waals surface area contributed by atoms with E-state index in [2.05, 4.69) is 20.8 Å². The maximum atomic E-state index is 5.90. The van der Waals surface area contributed by atoms with Crippen LogP contribution in [0.2, 0.25) is 0 Å². The summed E-state index contributed by atoms with van der Waals surface area (Å²) >= 11 is 7.43. The van der Waals surface area contributed by atoms with E-state index in [0.717, 1.165) is 12.8 Å². The van der Waals surface area contributed by atoms with Crippen LogP contribution in [0.25, 0.3) is 0 Å². The predicted octanol–water partition coefficient (Wildman–Crippen LogP) is 3.89. The Morgan fingerprint density at radius 2 is 2.00 bits per heavy atom. The van der Waals surface area contributed by atoms with Crippen molar-refractivity contribution in [2.75, 3.05) is 18.5 Å². The maximum absolute atomic E-state index is 5.90. The van der Waals surface area contributed by atoms with E-state index in [-0.39, 0.29) is 0 Å². The molecular formula is C9H19OPS2. The molecule has 78 valence electrons. The van der Waals surface area contributed by atoms with Gasteiger partial charge in [-0.1, -0.05) is 44.0 Å². The summed E-state index contributed by atoms with van der Waals surface area (Å²) in [6, 6.07) is 0. The van der Waals surface area contributed by atoms with E-state index in [0.29, 0.717) is 5.41 Å². The first-order valence-electron chi connectivity index (χ1n) is 4.98. The minimum absolute atomic E-state index is 0.419. The molecular weight excluding hydrogens is 219 g/mol. The Balaban J connectivity index is 2.60. The fourth-order valence-electron chi connectivity index (χ4n) is 1.39. The van der Waals surface area contributed by atoms with Gasteiger partial charge in [-0.15, -0.1) is 0 Å². The highest BCUT2D eigenvalue weighted by Crippen LogP contribution is 2.65. The SMILES string of the molecule is CCC1(CC)COP(=S)(CC)SC1. The molecule has 1 aliphatic rings. The van der Waals surface area contributed by atoms with Gasteiger partial charge in [-0.3, -0.25) is 0 Å². The van der Waals surface area contributed by atoms with Crippen molar-refractivity contribution in [1.82, 2.24) is 0 Å².